The first-order chi connectivity index (χ1) is 13.4. The lowest BCUT2D eigenvalue weighted by Gasteiger charge is -2.33. The van der Waals surface area contributed by atoms with Gasteiger partial charge in [0.1, 0.15) is 4.90 Å². The number of piperidine rings is 1. The second-order valence-electron chi connectivity index (χ2n) is 7.45. The minimum Gasteiger partial charge on any atom is -0.341 e. The number of sulfone groups is 1. The number of amides is 1. The van der Waals surface area contributed by atoms with Crippen molar-refractivity contribution in [3.63, 3.8) is 0 Å². The first kappa shape index (κ1) is 19.3. The van der Waals surface area contributed by atoms with Crippen molar-refractivity contribution < 1.29 is 13.2 Å². The summed E-state index contributed by atoms with van der Waals surface area (Å²) < 4.78 is 24.7. The number of thiophene rings is 1. The van der Waals surface area contributed by atoms with E-state index in [9.17, 15) is 13.2 Å². The van der Waals surface area contributed by atoms with Gasteiger partial charge in [0, 0.05) is 38.4 Å². The zero-order valence-electron chi connectivity index (χ0n) is 15.9. The maximum absolute atomic E-state index is 12.8. The monoisotopic (exact) mass is 420 g/mol. The number of nitrogens with zero attached hydrogens (tertiary/aromatic N) is 4. The van der Waals surface area contributed by atoms with Gasteiger partial charge in [0.15, 0.2) is 9.84 Å². The van der Waals surface area contributed by atoms with Crippen LogP contribution in [0.15, 0.2) is 28.6 Å². The highest BCUT2D eigenvalue weighted by molar-refractivity contribution is 7.90. The maximum atomic E-state index is 12.8. The molecule has 150 valence electrons. The lowest BCUT2D eigenvalue weighted by molar-refractivity contribution is 0.0710. The van der Waals surface area contributed by atoms with Gasteiger partial charge in [-0.1, -0.05) is 6.07 Å². The third-order valence-corrected chi connectivity index (χ3v) is 7.36. The zero-order chi connectivity index (χ0) is 19.7. The molecular weight excluding hydrogens is 396 g/mol. The molecule has 0 aromatic carbocycles. The van der Waals surface area contributed by atoms with Crippen molar-refractivity contribution in [3.8, 4) is 0 Å². The lowest BCUT2D eigenvalue weighted by atomic mass is 9.94. The van der Waals surface area contributed by atoms with Gasteiger partial charge >= 0.3 is 0 Å². The molecule has 2 saturated heterocycles. The SMILES string of the molecule is CS(=O)(=O)c1cnc(N2CCCC2)nc1C1CCCN(C(=O)c2cccs2)C1. The lowest BCUT2D eigenvalue weighted by Crippen LogP contribution is -2.39. The van der Waals surface area contributed by atoms with Crippen LogP contribution in [0.2, 0.25) is 0 Å². The Morgan fingerprint density at radius 1 is 1.21 bits per heavy atom. The number of hydrogen-bond acceptors (Lipinski definition) is 7. The van der Waals surface area contributed by atoms with Crippen molar-refractivity contribution in [1.82, 2.24) is 14.9 Å². The summed E-state index contributed by atoms with van der Waals surface area (Å²) in [4.78, 5) is 26.6. The maximum Gasteiger partial charge on any atom is 0.263 e. The smallest absolute Gasteiger partial charge is 0.263 e. The third kappa shape index (κ3) is 3.91. The summed E-state index contributed by atoms with van der Waals surface area (Å²) in [6, 6.07) is 3.70. The number of rotatable bonds is 4. The molecule has 2 fully saturated rings. The van der Waals surface area contributed by atoms with Gasteiger partial charge < -0.3 is 9.80 Å². The molecule has 7 nitrogen and oxygen atoms in total. The fraction of sp³-hybridized carbons (Fsp3) is 0.526. The van der Waals surface area contributed by atoms with Crippen molar-refractivity contribution >= 4 is 33.0 Å². The molecule has 2 aromatic rings. The van der Waals surface area contributed by atoms with Crippen LogP contribution in [0.1, 0.15) is 47.0 Å². The first-order valence-corrected chi connectivity index (χ1v) is 12.4. The van der Waals surface area contributed by atoms with E-state index >= 15 is 0 Å². The van der Waals surface area contributed by atoms with Gasteiger partial charge in [-0.15, -0.1) is 11.3 Å². The Balaban J connectivity index is 1.65. The Morgan fingerprint density at radius 3 is 2.68 bits per heavy atom. The topological polar surface area (TPSA) is 83.5 Å². The van der Waals surface area contributed by atoms with Gasteiger partial charge in [0.25, 0.3) is 5.91 Å². The Hall–Kier alpha value is -2.00. The van der Waals surface area contributed by atoms with E-state index in [2.05, 4.69) is 9.88 Å². The van der Waals surface area contributed by atoms with E-state index in [4.69, 9.17) is 4.98 Å². The molecule has 0 aliphatic carbocycles. The number of aromatic nitrogens is 2. The first-order valence-electron chi connectivity index (χ1n) is 9.58. The summed E-state index contributed by atoms with van der Waals surface area (Å²) in [5, 5.41) is 1.89. The summed E-state index contributed by atoms with van der Waals surface area (Å²) in [5.41, 5.74) is 0.558. The summed E-state index contributed by atoms with van der Waals surface area (Å²) in [6.45, 7) is 2.96. The van der Waals surface area contributed by atoms with E-state index in [-0.39, 0.29) is 16.7 Å². The van der Waals surface area contributed by atoms with Gasteiger partial charge in [-0.3, -0.25) is 4.79 Å². The fourth-order valence-electron chi connectivity index (χ4n) is 3.96. The molecule has 0 bridgehead atoms. The van der Waals surface area contributed by atoms with Crippen molar-refractivity contribution in [2.75, 3.05) is 37.3 Å². The second-order valence-corrected chi connectivity index (χ2v) is 10.4. The van der Waals surface area contributed by atoms with Crippen molar-refractivity contribution in [2.24, 2.45) is 0 Å². The Kier molecular flexibility index (Phi) is 5.37. The van der Waals surface area contributed by atoms with Gasteiger partial charge in [-0.05, 0) is 37.1 Å². The van der Waals surface area contributed by atoms with E-state index in [0.29, 0.717) is 29.6 Å². The second kappa shape index (κ2) is 7.79. The highest BCUT2D eigenvalue weighted by Crippen LogP contribution is 2.32. The molecular formula is C19H24N4O3S2. The molecule has 0 spiro atoms. The average Bonchev–Trinajstić information content (AvgIpc) is 3.40. The Morgan fingerprint density at radius 2 is 2.00 bits per heavy atom. The van der Waals surface area contributed by atoms with Crippen LogP contribution in [0.4, 0.5) is 5.95 Å². The minimum absolute atomic E-state index is 0.00873. The van der Waals surface area contributed by atoms with E-state index in [1.165, 1.54) is 23.8 Å². The molecule has 2 aliphatic rings. The molecule has 4 heterocycles. The molecule has 1 amide bonds. The molecule has 0 saturated carbocycles. The third-order valence-electron chi connectivity index (χ3n) is 5.39. The van der Waals surface area contributed by atoms with Gasteiger partial charge in [0.05, 0.1) is 16.8 Å². The van der Waals surface area contributed by atoms with E-state index in [0.717, 1.165) is 38.8 Å². The molecule has 4 rings (SSSR count). The molecule has 1 unspecified atom stereocenters. The van der Waals surface area contributed by atoms with Gasteiger partial charge in [-0.25, -0.2) is 18.4 Å². The summed E-state index contributed by atoms with van der Waals surface area (Å²) in [5.74, 6) is 0.503. The normalized spacial score (nSPS) is 20.5. The Bertz CT molecular complexity index is 954. The highest BCUT2D eigenvalue weighted by atomic mass is 32.2. The molecule has 1 atom stereocenters. The van der Waals surface area contributed by atoms with Crippen LogP contribution in [-0.4, -0.2) is 61.6 Å². The van der Waals surface area contributed by atoms with Crippen LogP contribution in [0.5, 0.6) is 0 Å². The molecule has 2 aromatic heterocycles. The largest absolute Gasteiger partial charge is 0.341 e. The van der Waals surface area contributed by atoms with Crippen molar-refractivity contribution in [2.45, 2.75) is 36.5 Å². The minimum atomic E-state index is -3.45. The van der Waals surface area contributed by atoms with Crippen LogP contribution in [0.3, 0.4) is 0 Å². The van der Waals surface area contributed by atoms with Crippen LogP contribution < -0.4 is 4.90 Å². The van der Waals surface area contributed by atoms with E-state index in [1.807, 2.05) is 22.4 Å². The summed E-state index contributed by atoms with van der Waals surface area (Å²) in [6.07, 6.45) is 6.48. The quantitative estimate of drug-likeness (QED) is 0.756. The average molecular weight is 421 g/mol. The van der Waals surface area contributed by atoms with E-state index in [1.54, 1.807) is 0 Å². The summed E-state index contributed by atoms with van der Waals surface area (Å²) >= 11 is 1.43. The number of likely N-dealkylation sites (tertiary alicyclic amines) is 1. The Labute approximate surface area is 169 Å². The predicted molar refractivity (Wildman–Crippen MR) is 109 cm³/mol. The number of carbonyl (C=O) groups is 1. The molecule has 9 heteroatoms. The van der Waals surface area contributed by atoms with Crippen LogP contribution in [0.25, 0.3) is 0 Å². The zero-order valence-corrected chi connectivity index (χ0v) is 17.5. The molecule has 0 radical (unpaired) electrons. The number of carbonyl (C=O) groups excluding carboxylic acids is 1. The standard InChI is InChI=1S/C19H24N4O3S2/c1-28(25,26)16-12-20-19(22-8-2-3-9-22)21-17(16)14-6-4-10-23(13-14)18(24)15-7-5-11-27-15/h5,7,11-12,14H,2-4,6,8-10,13H2,1H3. The molecule has 28 heavy (non-hydrogen) atoms. The van der Waals surface area contributed by atoms with Crippen LogP contribution >= 0.6 is 11.3 Å². The van der Waals surface area contributed by atoms with Gasteiger partial charge in [0.2, 0.25) is 5.95 Å². The van der Waals surface area contributed by atoms with E-state index < -0.39 is 9.84 Å². The number of anilines is 1. The molecule has 0 N–H and O–H groups in total. The fourth-order valence-corrected chi connectivity index (χ4v) is 5.49. The van der Waals surface area contributed by atoms with Crippen LogP contribution in [-0.2, 0) is 9.84 Å². The van der Waals surface area contributed by atoms with Crippen molar-refractivity contribution in [1.29, 1.82) is 0 Å². The predicted octanol–water partition coefficient (Wildman–Crippen LogP) is 2.56. The summed E-state index contributed by atoms with van der Waals surface area (Å²) in [7, 11) is -3.45. The number of hydrogen-bond donors (Lipinski definition) is 0. The highest BCUT2D eigenvalue weighted by Gasteiger charge is 2.31. The molecule has 2 aliphatic heterocycles. The van der Waals surface area contributed by atoms with Gasteiger partial charge in [-0.2, -0.15) is 0 Å². The van der Waals surface area contributed by atoms with Crippen LogP contribution in [0, 0.1) is 0 Å². The van der Waals surface area contributed by atoms with Crippen molar-refractivity contribution in [3.05, 3.63) is 34.3 Å².